The third-order valence-corrected chi connectivity index (χ3v) is 5.72. The van der Waals surface area contributed by atoms with E-state index in [1.807, 2.05) is 0 Å². The summed E-state index contributed by atoms with van der Waals surface area (Å²) in [5.41, 5.74) is 0. The smallest absolute Gasteiger partial charge is 0.371 e. The summed E-state index contributed by atoms with van der Waals surface area (Å²) >= 11 is 6.86. The van der Waals surface area contributed by atoms with E-state index in [9.17, 15) is 13.2 Å². The van der Waals surface area contributed by atoms with E-state index < -0.39 is 15.8 Å². The number of hydrogen-bond donors (Lipinski definition) is 1. The minimum atomic E-state index is -3.39. The summed E-state index contributed by atoms with van der Waals surface area (Å²) in [5.74, 6) is -1.14. The van der Waals surface area contributed by atoms with E-state index in [0.29, 0.717) is 10.1 Å². The number of thioether (sulfide) groups is 1. The number of halogens is 1. The Bertz CT molecular complexity index is 734. The largest absolute Gasteiger partial charge is 0.475 e. The lowest BCUT2D eigenvalue weighted by atomic mass is 10.4. The van der Waals surface area contributed by atoms with Crippen LogP contribution in [0.1, 0.15) is 10.6 Å². The molecule has 0 aliphatic carbocycles. The van der Waals surface area contributed by atoms with Gasteiger partial charge in [0.25, 0.3) is 0 Å². The van der Waals surface area contributed by atoms with Gasteiger partial charge in [-0.25, -0.2) is 13.2 Å². The van der Waals surface area contributed by atoms with Crippen molar-refractivity contribution in [2.45, 2.75) is 9.99 Å². The van der Waals surface area contributed by atoms with Gasteiger partial charge in [0.15, 0.2) is 14.9 Å². The molecule has 0 unspecified atom stereocenters. The van der Waals surface area contributed by atoms with Crippen LogP contribution >= 0.6 is 23.4 Å². The zero-order valence-corrected chi connectivity index (χ0v) is 13.0. The van der Waals surface area contributed by atoms with Gasteiger partial charge in [-0.3, -0.25) is 0 Å². The molecule has 0 saturated heterocycles. The van der Waals surface area contributed by atoms with Crippen LogP contribution in [0.3, 0.4) is 0 Å². The van der Waals surface area contributed by atoms with Crippen LogP contribution in [0.5, 0.6) is 0 Å². The minimum absolute atomic E-state index is 0.0809. The second-order valence-electron chi connectivity index (χ2n) is 4.05. The first-order chi connectivity index (χ1) is 9.88. The lowest BCUT2D eigenvalue weighted by molar-refractivity contribution is 0.0656. The van der Waals surface area contributed by atoms with Gasteiger partial charge in [0, 0.05) is 10.8 Å². The Morgan fingerprint density at radius 1 is 1.19 bits per heavy atom. The Morgan fingerprint density at radius 2 is 1.86 bits per heavy atom. The molecule has 1 aromatic carbocycles. The van der Waals surface area contributed by atoms with Crippen molar-refractivity contribution < 1.29 is 22.7 Å². The summed E-state index contributed by atoms with van der Waals surface area (Å²) in [4.78, 5) is 10.9. The molecule has 0 amide bonds. The van der Waals surface area contributed by atoms with Gasteiger partial charge in [-0.05, 0) is 36.4 Å². The second kappa shape index (κ2) is 6.55. The Labute approximate surface area is 130 Å². The van der Waals surface area contributed by atoms with E-state index in [1.54, 1.807) is 0 Å². The Morgan fingerprint density at radius 3 is 2.43 bits per heavy atom. The van der Waals surface area contributed by atoms with E-state index >= 15 is 0 Å². The molecular weight excluding hydrogens is 336 g/mol. The molecule has 2 aromatic rings. The third kappa shape index (κ3) is 4.26. The van der Waals surface area contributed by atoms with Crippen LogP contribution in [-0.2, 0) is 9.84 Å². The van der Waals surface area contributed by atoms with Gasteiger partial charge in [0.1, 0.15) is 0 Å². The van der Waals surface area contributed by atoms with Crippen LogP contribution in [0.4, 0.5) is 0 Å². The van der Waals surface area contributed by atoms with E-state index in [1.165, 1.54) is 36.4 Å². The second-order valence-corrected chi connectivity index (χ2v) is 7.69. The number of benzene rings is 1. The Balaban J connectivity index is 1.95. The molecule has 5 nitrogen and oxygen atoms in total. The van der Waals surface area contributed by atoms with Crippen molar-refractivity contribution in [3.05, 3.63) is 47.2 Å². The number of carbonyl (C=O) groups is 1. The topological polar surface area (TPSA) is 84.6 Å². The van der Waals surface area contributed by atoms with Gasteiger partial charge in [-0.1, -0.05) is 23.4 Å². The predicted octanol–water partition coefficient (Wildman–Crippen LogP) is 3.20. The number of furan rings is 1. The lowest BCUT2D eigenvalue weighted by Crippen LogP contribution is -2.08. The van der Waals surface area contributed by atoms with Crippen molar-refractivity contribution in [1.29, 1.82) is 0 Å². The number of carboxylic acid groups (broad SMARTS) is 1. The van der Waals surface area contributed by atoms with Gasteiger partial charge in [-0.2, -0.15) is 0 Å². The SMILES string of the molecule is O=C(O)c1ccc(SCCS(=O)(=O)c2ccc(Cl)cc2)o1. The van der Waals surface area contributed by atoms with Crippen LogP contribution in [0, 0.1) is 0 Å². The maximum Gasteiger partial charge on any atom is 0.371 e. The highest BCUT2D eigenvalue weighted by Gasteiger charge is 2.15. The molecule has 8 heteroatoms. The summed E-state index contributed by atoms with van der Waals surface area (Å²) in [6.07, 6.45) is 0. The standard InChI is InChI=1S/C13H11ClO5S2/c14-9-1-3-10(4-2-9)21(17,18)8-7-20-12-6-5-11(19-12)13(15)16/h1-6H,7-8H2,(H,15,16). The molecule has 1 heterocycles. The number of aromatic carboxylic acids is 1. The molecule has 112 valence electrons. The summed E-state index contributed by atoms with van der Waals surface area (Å²) in [6.45, 7) is 0. The van der Waals surface area contributed by atoms with Gasteiger partial charge < -0.3 is 9.52 Å². The van der Waals surface area contributed by atoms with Crippen LogP contribution in [0.25, 0.3) is 0 Å². The molecule has 0 radical (unpaired) electrons. The molecule has 1 aromatic heterocycles. The van der Waals surface area contributed by atoms with Crippen LogP contribution in [0.15, 0.2) is 50.8 Å². The highest BCUT2D eigenvalue weighted by atomic mass is 35.5. The molecule has 0 aliphatic heterocycles. The first-order valence-corrected chi connectivity index (χ1v) is 8.84. The highest BCUT2D eigenvalue weighted by molar-refractivity contribution is 8.00. The number of hydrogen-bond acceptors (Lipinski definition) is 5. The third-order valence-electron chi connectivity index (χ3n) is 2.56. The van der Waals surface area contributed by atoms with Crippen LogP contribution < -0.4 is 0 Å². The zero-order valence-electron chi connectivity index (χ0n) is 10.7. The summed E-state index contributed by atoms with van der Waals surface area (Å²) in [7, 11) is -3.39. The van der Waals surface area contributed by atoms with Gasteiger partial charge >= 0.3 is 5.97 Å². The fourth-order valence-electron chi connectivity index (χ4n) is 1.52. The molecule has 0 fully saturated rings. The number of sulfone groups is 1. The Hall–Kier alpha value is -1.44. The highest BCUT2D eigenvalue weighted by Crippen LogP contribution is 2.23. The summed E-state index contributed by atoms with van der Waals surface area (Å²) in [5, 5.41) is 9.56. The molecule has 0 saturated carbocycles. The van der Waals surface area contributed by atoms with Crippen LogP contribution in [-0.4, -0.2) is 31.0 Å². The average molecular weight is 347 g/mol. The maximum atomic E-state index is 12.1. The molecule has 0 aliphatic rings. The Kier molecular flexibility index (Phi) is 4.97. The normalized spacial score (nSPS) is 11.5. The molecular formula is C13H11ClO5S2. The van der Waals surface area contributed by atoms with Crippen molar-refractivity contribution >= 4 is 39.2 Å². The van der Waals surface area contributed by atoms with E-state index in [-0.39, 0.29) is 22.2 Å². The van der Waals surface area contributed by atoms with Crippen molar-refractivity contribution in [3.63, 3.8) is 0 Å². The van der Waals surface area contributed by atoms with E-state index in [4.69, 9.17) is 21.1 Å². The van der Waals surface area contributed by atoms with Crippen molar-refractivity contribution in [1.82, 2.24) is 0 Å². The molecule has 2 rings (SSSR count). The molecule has 0 atom stereocenters. The number of rotatable bonds is 6. The van der Waals surface area contributed by atoms with Gasteiger partial charge in [0.2, 0.25) is 5.76 Å². The predicted molar refractivity (Wildman–Crippen MR) is 79.9 cm³/mol. The van der Waals surface area contributed by atoms with E-state index in [2.05, 4.69) is 0 Å². The average Bonchev–Trinajstić information content (AvgIpc) is 2.88. The minimum Gasteiger partial charge on any atom is -0.475 e. The quantitative estimate of drug-likeness (QED) is 0.808. The monoisotopic (exact) mass is 346 g/mol. The first kappa shape index (κ1) is 15.9. The van der Waals surface area contributed by atoms with Crippen molar-refractivity contribution in [2.75, 3.05) is 11.5 Å². The van der Waals surface area contributed by atoms with Crippen molar-refractivity contribution in [2.24, 2.45) is 0 Å². The summed E-state index contributed by atoms with van der Waals surface area (Å²) < 4.78 is 29.2. The van der Waals surface area contributed by atoms with E-state index in [0.717, 1.165) is 11.8 Å². The zero-order chi connectivity index (χ0) is 15.5. The number of carboxylic acids is 1. The fraction of sp³-hybridized carbons (Fsp3) is 0.154. The molecule has 21 heavy (non-hydrogen) atoms. The molecule has 1 N–H and O–H groups in total. The lowest BCUT2D eigenvalue weighted by Gasteiger charge is -2.03. The molecule has 0 bridgehead atoms. The first-order valence-electron chi connectivity index (χ1n) is 5.83. The summed E-state index contributed by atoms with van der Waals surface area (Å²) in [6, 6.07) is 8.79. The van der Waals surface area contributed by atoms with Gasteiger partial charge in [0.05, 0.1) is 10.6 Å². The van der Waals surface area contributed by atoms with Crippen molar-refractivity contribution in [3.8, 4) is 0 Å². The molecule has 0 spiro atoms. The fourth-order valence-corrected chi connectivity index (χ4v) is 4.16. The van der Waals surface area contributed by atoms with Crippen LogP contribution in [0.2, 0.25) is 5.02 Å². The maximum absolute atomic E-state index is 12.1. The van der Waals surface area contributed by atoms with Gasteiger partial charge in [-0.15, -0.1) is 0 Å².